The molecule has 1 amide bonds. The van der Waals surface area contributed by atoms with Crippen molar-refractivity contribution in [3.63, 3.8) is 0 Å². The maximum absolute atomic E-state index is 14.0. The smallest absolute Gasteiger partial charge is 0.410 e. The standard InChI is InChI=1S/C19H18FNO2/c1-4-15-17(20)8-5-12-9-14(10-16(11(2)3)18(12)15)23-19(22)21-13-6-7-13/h1,5,8-11,13H,6-7H2,2-3H3,(H,21,22). The fourth-order valence-corrected chi connectivity index (χ4v) is 2.63. The maximum atomic E-state index is 14.0. The van der Waals surface area contributed by atoms with E-state index in [1.807, 2.05) is 13.8 Å². The van der Waals surface area contributed by atoms with Crippen molar-refractivity contribution in [2.24, 2.45) is 0 Å². The van der Waals surface area contributed by atoms with Crippen molar-refractivity contribution < 1.29 is 13.9 Å². The summed E-state index contributed by atoms with van der Waals surface area (Å²) in [5, 5.41) is 4.25. The lowest BCUT2D eigenvalue weighted by molar-refractivity contribution is 0.200. The molecule has 1 aliphatic carbocycles. The van der Waals surface area contributed by atoms with Crippen molar-refractivity contribution in [2.45, 2.75) is 38.6 Å². The lowest BCUT2D eigenvalue weighted by atomic mass is 9.92. The number of rotatable bonds is 3. The Hall–Kier alpha value is -2.54. The quantitative estimate of drug-likeness (QED) is 0.857. The number of carbonyl (C=O) groups excluding carboxylic acids is 1. The van der Waals surface area contributed by atoms with Gasteiger partial charge in [-0.05, 0) is 47.9 Å². The van der Waals surface area contributed by atoms with Gasteiger partial charge in [-0.15, -0.1) is 6.42 Å². The van der Waals surface area contributed by atoms with Crippen LogP contribution in [-0.2, 0) is 0 Å². The third-order valence-electron chi connectivity index (χ3n) is 3.95. The molecular weight excluding hydrogens is 293 g/mol. The van der Waals surface area contributed by atoms with Crippen LogP contribution in [0.25, 0.3) is 10.8 Å². The molecule has 0 aromatic heterocycles. The van der Waals surface area contributed by atoms with E-state index >= 15 is 0 Å². The van der Waals surface area contributed by atoms with Crippen molar-refractivity contribution in [2.75, 3.05) is 0 Å². The van der Waals surface area contributed by atoms with Gasteiger partial charge in [0.1, 0.15) is 11.6 Å². The van der Waals surface area contributed by atoms with Crippen LogP contribution in [-0.4, -0.2) is 12.1 Å². The van der Waals surface area contributed by atoms with Gasteiger partial charge >= 0.3 is 6.09 Å². The first-order chi connectivity index (χ1) is 11.0. The van der Waals surface area contributed by atoms with Gasteiger partial charge in [0.2, 0.25) is 0 Å². The molecule has 23 heavy (non-hydrogen) atoms. The lowest BCUT2D eigenvalue weighted by Gasteiger charge is -2.15. The first-order valence-electron chi connectivity index (χ1n) is 7.70. The van der Waals surface area contributed by atoms with Crippen LogP contribution in [0.1, 0.15) is 43.7 Å². The number of nitrogens with one attached hydrogen (secondary N) is 1. The SMILES string of the molecule is C#Cc1c(F)ccc2cc(OC(=O)NC3CC3)cc(C(C)C)c12. The highest BCUT2D eigenvalue weighted by Gasteiger charge is 2.24. The Labute approximate surface area is 134 Å². The van der Waals surface area contributed by atoms with Crippen LogP contribution in [0.5, 0.6) is 5.75 Å². The summed E-state index contributed by atoms with van der Waals surface area (Å²) < 4.78 is 19.4. The molecule has 1 aliphatic rings. The van der Waals surface area contributed by atoms with E-state index in [1.165, 1.54) is 6.07 Å². The summed E-state index contributed by atoms with van der Waals surface area (Å²) in [4.78, 5) is 11.8. The highest BCUT2D eigenvalue weighted by atomic mass is 19.1. The number of ether oxygens (including phenoxy) is 1. The third-order valence-corrected chi connectivity index (χ3v) is 3.95. The molecule has 0 saturated heterocycles. The molecule has 2 aromatic carbocycles. The Kier molecular flexibility index (Phi) is 3.96. The van der Waals surface area contributed by atoms with E-state index in [1.54, 1.807) is 18.2 Å². The summed E-state index contributed by atoms with van der Waals surface area (Å²) in [6.45, 7) is 3.99. The summed E-state index contributed by atoms with van der Waals surface area (Å²) in [5.41, 5.74) is 1.12. The van der Waals surface area contributed by atoms with Crippen LogP contribution in [0.3, 0.4) is 0 Å². The van der Waals surface area contributed by atoms with Crippen molar-refractivity contribution >= 4 is 16.9 Å². The fourth-order valence-electron chi connectivity index (χ4n) is 2.63. The number of fused-ring (bicyclic) bond motifs is 1. The lowest BCUT2D eigenvalue weighted by Crippen LogP contribution is -2.28. The normalized spacial score (nSPS) is 13.9. The van der Waals surface area contributed by atoms with Crippen LogP contribution >= 0.6 is 0 Å². The molecule has 0 spiro atoms. The second kappa shape index (κ2) is 5.92. The van der Waals surface area contributed by atoms with E-state index in [0.29, 0.717) is 11.1 Å². The van der Waals surface area contributed by atoms with E-state index < -0.39 is 11.9 Å². The fraction of sp³-hybridized carbons (Fsp3) is 0.316. The van der Waals surface area contributed by atoms with Crippen molar-refractivity contribution in [1.82, 2.24) is 5.32 Å². The molecule has 3 rings (SSSR count). The highest BCUT2D eigenvalue weighted by molar-refractivity contribution is 5.93. The molecule has 0 unspecified atom stereocenters. The molecule has 0 bridgehead atoms. The molecular formula is C19H18FNO2. The number of carbonyl (C=O) groups is 1. The van der Waals surface area contributed by atoms with Gasteiger partial charge in [-0.1, -0.05) is 25.8 Å². The van der Waals surface area contributed by atoms with Gasteiger partial charge in [0.15, 0.2) is 0 Å². The molecule has 1 N–H and O–H groups in total. The Morgan fingerprint density at radius 3 is 2.74 bits per heavy atom. The zero-order valence-corrected chi connectivity index (χ0v) is 13.2. The summed E-state index contributed by atoms with van der Waals surface area (Å²) in [7, 11) is 0. The second-order valence-electron chi connectivity index (χ2n) is 6.14. The van der Waals surface area contributed by atoms with Crippen molar-refractivity contribution in [3.8, 4) is 18.1 Å². The third kappa shape index (κ3) is 3.14. The first-order valence-corrected chi connectivity index (χ1v) is 7.70. The summed E-state index contributed by atoms with van der Waals surface area (Å²) in [6, 6.07) is 6.71. The Morgan fingerprint density at radius 2 is 2.13 bits per heavy atom. The molecule has 0 heterocycles. The van der Waals surface area contributed by atoms with Gasteiger partial charge in [0, 0.05) is 11.4 Å². The Morgan fingerprint density at radius 1 is 1.39 bits per heavy atom. The van der Waals surface area contributed by atoms with E-state index in [2.05, 4.69) is 11.2 Å². The summed E-state index contributed by atoms with van der Waals surface area (Å²) >= 11 is 0. The van der Waals surface area contributed by atoms with Crippen molar-refractivity contribution in [1.29, 1.82) is 0 Å². The number of hydrogen-bond donors (Lipinski definition) is 1. The van der Waals surface area contributed by atoms with E-state index in [9.17, 15) is 9.18 Å². The van der Waals surface area contributed by atoms with E-state index in [0.717, 1.165) is 23.8 Å². The van der Waals surface area contributed by atoms with Crippen LogP contribution in [0, 0.1) is 18.2 Å². The minimum absolute atomic E-state index is 0.112. The minimum Gasteiger partial charge on any atom is -0.410 e. The summed E-state index contributed by atoms with van der Waals surface area (Å²) in [6.07, 6.45) is 7.01. The predicted molar refractivity (Wildman–Crippen MR) is 88.1 cm³/mol. The van der Waals surface area contributed by atoms with Crippen LogP contribution in [0.4, 0.5) is 9.18 Å². The predicted octanol–water partition coefficient (Wildman–Crippen LogP) is 4.33. The zero-order valence-electron chi connectivity index (χ0n) is 13.2. The van der Waals surface area contributed by atoms with E-state index in [-0.39, 0.29) is 17.5 Å². The Balaban J connectivity index is 2.06. The molecule has 0 radical (unpaired) electrons. The zero-order chi connectivity index (χ0) is 16.6. The average Bonchev–Trinajstić information content (AvgIpc) is 3.30. The van der Waals surface area contributed by atoms with Gasteiger partial charge < -0.3 is 10.1 Å². The number of hydrogen-bond acceptors (Lipinski definition) is 2. The topological polar surface area (TPSA) is 38.3 Å². The second-order valence-corrected chi connectivity index (χ2v) is 6.14. The van der Waals surface area contributed by atoms with Crippen molar-refractivity contribution in [3.05, 3.63) is 41.2 Å². The molecule has 2 aromatic rings. The monoisotopic (exact) mass is 311 g/mol. The number of amides is 1. The molecule has 3 nitrogen and oxygen atoms in total. The number of terminal acetylenes is 1. The molecule has 4 heteroatoms. The molecule has 0 aliphatic heterocycles. The minimum atomic E-state index is -0.458. The molecule has 1 fully saturated rings. The van der Waals surface area contributed by atoms with Gasteiger partial charge in [-0.25, -0.2) is 9.18 Å². The molecule has 1 saturated carbocycles. The van der Waals surface area contributed by atoms with E-state index in [4.69, 9.17) is 11.2 Å². The van der Waals surface area contributed by atoms with Crippen LogP contribution in [0.15, 0.2) is 24.3 Å². The molecule has 0 atom stereocenters. The average molecular weight is 311 g/mol. The largest absolute Gasteiger partial charge is 0.412 e. The van der Waals surface area contributed by atoms with Gasteiger partial charge in [0.25, 0.3) is 0 Å². The maximum Gasteiger partial charge on any atom is 0.412 e. The Bertz CT molecular complexity index is 816. The highest BCUT2D eigenvalue weighted by Crippen LogP contribution is 2.34. The number of halogens is 1. The molecule has 118 valence electrons. The number of benzene rings is 2. The van der Waals surface area contributed by atoms with Gasteiger partial charge in [-0.3, -0.25) is 0 Å². The summed E-state index contributed by atoms with van der Waals surface area (Å²) in [5.74, 6) is 2.57. The van der Waals surface area contributed by atoms with Crippen LogP contribution in [0.2, 0.25) is 0 Å². The van der Waals surface area contributed by atoms with Gasteiger partial charge in [-0.2, -0.15) is 0 Å². The van der Waals surface area contributed by atoms with Crippen LogP contribution < -0.4 is 10.1 Å². The first kappa shape index (κ1) is 15.4. The van der Waals surface area contributed by atoms with Gasteiger partial charge in [0.05, 0.1) is 5.56 Å².